The van der Waals surface area contributed by atoms with Crippen molar-refractivity contribution < 1.29 is 0 Å². The predicted octanol–water partition coefficient (Wildman–Crippen LogP) is 4.95. The molecule has 0 unspecified atom stereocenters. The van der Waals surface area contributed by atoms with Gasteiger partial charge in [-0.25, -0.2) is 4.68 Å². The van der Waals surface area contributed by atoms with Crippen LogP contribution in [0.3, 0.4) is 0 Å². The molecule has 4 rings (SSSR count). The molecule has 0 amide bonds. The second-order valence-corrected chi connectivity index (χ2v) is 7.57. The zero-order chi connectivity index (χ0) is 19.9. The number of aromatic nitrogens is 2. The summed E-state index contributed by atoms with van der Waals surface area (Å²) in [5.74, 6) is 0. The first-order valence-corrected chi connectivity index (χ1v) is 10.4. The summed E-state index contributed by atoms with van der Waals surface area (Å²) in [4.78, 5) is 9.87. The highest BCUT2D eigenvalue weighted by Gasteiger charge is 2.07. The minimum Gasteiger partial charge on any atom is -0.264 e. The van der Waals surface area contributed by atoms with Crippen molar-refractivity contribution >= 4 is 17.6 Å². The van der Waals surface area contributed by atoms with E-state index in [2.05, 4.69) is 65.8 Å². The van der Waals surface area contributed by atoms with E-state index in [1.807, 2.05) is 29.1 Å². The van der Waals surface area contributed by atoms with Crippen LogP contribution in [0.15, 0.2) is 94.6 Å². The number of hydrogen-bond acceptors (Lipinski definition) is 4. The Bertz CT molecular complexity index is 1140. The van der Waals surface area contributed by atoms with Gasteiger partial charge in [0.05, 0.1) is 11.9 Å². The third-order valence-corrected chi connectivity index (χ3v) is 5.38. The molecule has 0 aliphatic heterocycles. The van der Waals surface area contributed by atoms with Crippen LogP contribution >= 0.6 is 11.3 Å². The Morgan fingerprint density at radius 2 is 1.83 bits per heavy atom. The Labute approximate surface area is 174 Å². The molecule has 0 saturated heterocycles. The van der Waals surface area contributed by atoms with E-state index >= 15 is 0 Å². The van der Waals surface area contributed by atoms with Gasteiger partial charge in [-0.3, -0.25) is 9.98 Å². The molecule has 0 spiro atoms. The lowest BCUT2D eigenvalue weighted by Gasteiger charge is -2.04. The summed E-state index contributed by atoms with van der Waals surface area (Å²) in [6, 6.07) is 22.8. The van der Waals surface area contributed by atoms with Gasteiger partial charge in [0.25, 0.3) is 0 Å². The fourth-order valence-corrected chi connectivity index (χ4v) is 3.81. The highest BCUT2D eigenvalue weighted by molar-refractivity contribution is 7.07. The Morgan fingerprint density at radius 1 is 1.00 bits per heavy atom. The molecular weight excluding hydrogens is 376 g/mol. The van der Waals surface area contributed by atoms with Crippen LogP contribution in [0.25, 0.3) is 11.3 Å². The second-order valence-electron chi connectivity index (χ2n) is 6.73. The normalized spacial score (nSPS) is 12.0. The van der Waals surface area contributed by atoms with Gasteiger partial charge in [-0.2, -0.15) is 5.10 Å². The molecule has 0 atom stereocenters. The van der Waals surface area contributed by atoms with Crippen molar-refractivity contribution in [1.82, 2.24) is 9.66 Å². The molecule has 0 bridgehead atoms. The molecule has 2 aromatic carbocycles. The maximum Gasteiger partial charge on any atom is 0.206 e. The van der Waals surface area contributed by atoms with E-state index in [4.69, 9.17) is 10.1 Å². The fourth-order valence-electron chi connectivity index (χ4n) is 2.94. The van der Waals surface area contributed by atoms with Gasteiger partial charge < -0.3 is 0 Å². The molecule has 4 aromatic rings. The lowest BCUT2D eigenvalue weighted by atomic mass is 10.1. The largest absolute Gasteiger partial charge is 0.264 e. The first-order valence-electron chi connectivity index (χ1n) is 9.56. The summed E-state index contributed by atoms with van der Waals surface area (Å²) in [5, 5.41) is 6.85. The van der Waals surface area contributed by atoms with Crippen LogP contribution in [0.5, 0.6) is 0 Å². The van der Waals surface area contributed by atoms with E-state index in [-0.39, 0.29) is 0 Å². The Balaban J connectivity index is 1.67. The maximum absolute atomic E-state index is 4.83. The topological polar surface area (TPSA) is 42.5 Å². The van der Waals surface area contributed by atoms with Crippen LogP contribution in [-0.4, -0.2) is 22.4 Å². The Morgan fingerprint density at radius 3 is 2.59 bits per heavy atom. The number of thiazole rings is 1. The van der Waals surface area contributed by atoms with Gasteiger partial charge in [-0.1, -0.05) is 66.2 Å². The average molecular weight is 399 g/mol. The van der Waals surface area contributed by atoms with Crippen LogP contribution < -0.4 is 4.80 Å². The van der Waals surface area contributed by atoms with Crippen molar-refractivity contribution in [3.63, 3.8) is 0 Å². The molecule has 0 N–H and O–H groups in total. The fraction of sp³-hybridized carbons (Fsp3) is 0.125. The van der Waals surface area contributed by atoms with Gasteiger partial charge in [0.15, 0.2) is 0 Å². The summed E-state index contributed by atoms with van der Waals surface area (Å²) in [6.45, 7) is 2.82. The zero-order valence-corrected chi connectivity index (χ0v) is 17.1. The first-order chi connectivity index (χ1) is 14.3. The van der Waals surface area contributed by atoms with Crippen molar-refractivity contribution in [2.45, 2.75) is 13.3 Å². The van der Waals surface area contributed by atoms with Gasteiger partial charge in [0.2, 0.25) is 4.80 Å². The van der Waals surface area contributed by atoms with E-state index in [0.717, 1.165) is 34.6 Å². The number of rotatable bonds is 6. The quantitative estimate of drug-likeness (QED) is 0.424. The maximum atomic E-state index is 4.83. The van der Waals surface area contributed by atoms with E-state index < -0.39 is 0 Å². The molecule has 5 heteroatoms. The lowest BCUT2D eigenvalue weighted by Crippen LogP contribution is -2.13. The van der Waals surface area contributed by atoms with Gasteiger partial charge in [0.1, 0.15) is 0 Å². The summed E-state index contributed by atoms with van der Waals surface area (Å²) >= 11 is 1.61. The van der Waals surface area contributed by atoms with Gasteiger partial charge in [0, 0.05) is 35.4 Å². The molecule has 4 nitrogen and oxygen atoms in total. The molecule has 2 heterocycles. The van der Waals surface area contributed by atoms with Crippen molar-refractivity contribution in [2.75, 3.05) is 6.54 Å². The predicted molar refractivity (Wildman–Crippen MR) is 120 cm³/mol. The minimum absolute atomic E-state index is 0.722. The molecule has 2 aromatic heterocycles. The molecule has 144 valence electrons. The second kappa shape index (κ2) is 9.26. The van der Waals surface area contributed by atoms with E-state index in [9.17, 15) is 0 Å². The van der Waals surface area contributed by atoms with Crippen LogP contribution in [0.4, 0.5) is 0 Å². The highest BCUT2D eigenvalue weighted by Crippen LogP contribution is 2.20. The Kier molecular flexibility index (Phi) is 6.07. The van der Waals surface area contributed by atoms with Gasteiger partial charge in [-0.05, 0) is 25.0 Å². The molecule has 0 saturated carbocycles. The van der Waals surface area contributed by atoms with Crippen molar-refractivity contribution in [3.8, 4) is 11.3 Å². The standard InChI is InChI=1S/C24H22N4S/c1-19-9-11-22(12-10-19)23-18-29-24(26-15-13-20-6-3-2-4-7-20)28(23)27-17-21-8-5-14-25-16-21/h2-12,14,16-18H,13,15H2,1H3. The highest BCUT2D eigenvalue weighted by atomic mass is 32.1. The summed E-state index contributed by atoms with van der Waals surface area (Å²) in [6.07, 6.45) is 6.30. The molecule has 0 fully saturated rings. The van der Waals surface area contributed by atoms with Crippen LogP contribution in [0.2, 0.25) is 0 Å². The van der Waals surface area contributed by atoms with Crippen molar-refractivity contribution in [2.24, 2.45) is 10.1 Å². The summed E-state index contributed by atoms with van der Waals surface area (Å²) < 4.78 is 1.92. The lowest BCUT2D eigenvalue weighted by molar-refractivity contribution is 0.816. The molecule has 0 aliphatic carbocycles. The van der Waals surface area contributed by atoms with E-state index in [0.29, 0.717) is 0 Å². The monoisotopic (exact) mass is 398 g/mol. The number of aryl methyl sites for hydroxylation is 1. The zero-order valence-electron chi connectivity index (χ0n) is 16.3. The summed E-state index contributed by atoms with van der Waals surface area (Å²) in [5.41, 5.74) is 5.64. The number of benzene rings is 2. The van der Waals surface area contributed by atoms with E-state index in [1.54, 1.807) is 23.7 Å². The number of pyridine rings is 1. The van der Waals surface area contributed by atoms with Crippen molar-refractivity contribution in [3.05, 3.63) is 106 Å². The van der Waals surface area contributed by atoms with Gasteiger partial charge >= 0.3 is 0 Å². The van der Waals surface area contributed by atoms with Crippen LogP contribution in [-0.2, 0) is 6.42 Å². The third-order valence-electron chi connectivity index (χ3n) is 4.53. The first kappa shape index (κ1) is 19.0. The van der Waals surface area contributed by atoms with Gasteiger partial charge in [-0.15, -0.1) is 11.3 Å². The average Bonchev–Trinajstić information content (AvgIpc) is 3.17. The molecule has 29 heavy (non-hydrogen) atoms. The van der Waals surface area contributed by atoms with E-state index in [1.165, 1.54) is 11.1 Å². The van der Waals surface area contributed by atoms with Crippen molar-refractivity contribution in [1.29, 1.82) is 0 Å². The summed E-state index contributed by atoms with van der Waals surface area (Å²) in [7, 11) is 0. The molecular formula is C24H22N4S. The molecule has 0 aliphatic rings. The number of nitrogens with zero attached hydrogens (tertiary/aromatic N) is 4. The molecule has 0 radical (unpaired) electrons. The number of hydrogen-bond donors (Lipinski definition) is 0. The van der Waals surface area contributed by atoms with Crippen LogP contribution in [0, 0.1) is 6.92 Å². The smallest absolute Gasteiger partial charge is 0.206 e. The minimum atomic E-state index is 0.722. The third kappa shape index (κ3) is 4.95. The van der Waals surface area contributed by atoms with Crippen LogP contribution in [0.1, 0.15) is 16.7 Å². The Hall–Kier alpha value is -3.31. The SMILES string of the molecule is Cc1ccc(-c2csc(=NCCc3ccccc3)n2N=Cc2cccnc2)cc1.